The quantitative estimate of drug-likeness (QED) is 0.255. The van der Waals surface area contributed by atoms with Crippen LogP contribution in [0.2, 0.25) is 0 Å². The summed E-state index contributed by atoms with van der Waals surface area (Å²) in [4.78, 5) is 25.0. The van der Waals surface area contributed by atoms with Crippen molar-refractivity contribution >= 4 is 12.0 Å². The summed E-state index contributed by atoms with van der Waals surface area (Å²) >= 11 is 0. The summed E-state index contributed by atoms with van der Waals surface area (Å²) in [6.45, 7) is 4.35. The molecule has 0 saturated carbocycles. The van der Waals surface area contributed by atoms with Crippen LogP contribution in [-0.2, 0) is 9.59 Å². The van der Waals surface area contributed by atoms with E-state index in [1.807, 2.05) is 0 Å². The molecular weight excluding hydrogens is 252 g/mol. The molecule has 0 aliphatic heterocycles. The number of nitrogens with zero attached hydrogens (tertiary/aromatic N) is 1. The number of carbonyl (C=O) groups is 1. The third-order valence-electron chi connectivity index (χ3n) is 3.42. The minimum absolute atomic E-state index is 0.0528. The molecule has 4 nitrogen and oxygen atoms in total. The minimum Gasteiger partial charge on any atom is -0.364 e. The molecule has 0 fully saturated rings. The van der Waals surface area contributed by atoms with Crippen molar-refractivity contribution in [3.05, 3.63) is 11.8 Å². The van der Waals surface area contributed by atoms with Crippen LogP contribution in [0, 0.1) is 5.92 Å². The van der Waals surface area contributed by atoms with E-state index in [9.17, 15) is 9.59 Å². The number of amides is 1. The largest absolute Gasteiger partial charge is 0.364 e. The van der Waals surface area contributed by atoms with Crippen LogP contribution in [0.3, 0.4) is 0 Å². The highest BCUT2D eigenvalue weighted by Gasteiger charge is 2.10. The number of allylic oxidation sites excluding steroid dienone is 1. The number of rotatable bonds is 12. The maximum Gasteiger partial charge on any atom is 0.267 e. The summed E-state index contributed by atoms with van der Waals surface area (Å²) in [6, 6.07) is 0. The lowest BCUT2D eigenvalue weighted by Gasteiger charge is -2.13. The van der Waals surface area contributed by atoms with E-state index in [1.165, 1.54) is 38.2 Å². The van der Waals surface area contributed by atoms with Gasteiger partial charge in [-0.1, -0.05) is 58.8 Å². The van der Waals surface area contributed by atoms with Crippen LogP contribution in [0.5, 0.6) is 0 Å². The van der Waals surface area contributed by atoms with Crippen molar-refractivity contribution in [3.8, 4) is 0 Å². The third-order valence-corrected chi connectivity index (χ3v) is 3.42. The SMILES string of the molecule is CCCCCC[C@H](C=C(N=C=O)C(N)=O)CCCCC. The number of nitrogens with two attached hydrogens (primary N) is 1. The maximum absolute atomic E-state index is 11.2. The average molecular weight is 280 g/mol. The zero-order valence-corrected chi connectivity index (χ0v) is 12.9. The van der Waals surface area contributed by atoms with Crippen LogP contribution in [0.4, 0.5) is 0 Å². The maximum atomic E-state index is 11.2. The van der Waals surface area contributed by atoms with Gasteiger partial charge in [-0.3, -0.25) is 4.79 Å². The summed E-state index contributed by atoms with van der Waals surface area (Å²) < 4.78 is 0. The van der Waals surface area contributed by atoms with Gasteiger partial charge in [0.05, 0.1) is 0 Å². The zero-order chi connectivity index (χ0) is 15.2. The third kappa shape index (κ3) is 9.51. The van der Waals surface area contributed by atoms with Crippen LogP contribution >= 0.6 is 0 Å². The van der Waals surface area contributed by atoms with Gasteiger partial charge in [0, 0.05) is 0 Å². The van der Waals surface area contributed by atoms with Gasteiger partial charge in [-0.2, -0.15) is 4.99 Å². The lowest BCUT2D eigenvalue weighted by molar-refractivity contribution is -0.114. The van der Waals surface area contributed by atoms with E-state index in [2.05, 4.69) is 18.8 Å². The Balaban J connectivity index is 4.58. The summed E-state index contributed by atoms with van der Waals surface area (Å²) in [5, 5.41) is 0. The Morgan fingerprint density at radius 2 is 1.65 bits per heavy atom. The van der Waals surface area contributed by atoms with E-state index in [4.69, 9.17) is 5.73 Å². The molecule has 0 heterocycles. The fourth-order valence-electron chi connectivity index (χ4n) is 2.25. The van der Waals surface area contributed by atoms with Gasteiger partial charge in [-0.25, -0.2) is 4.79 Å². The molecule has 0 aromatic carbocycles. The van der Waals surface area contributed by atoms with E-state index >= 15 is 0 Å². The van der Waals surface area contributed by atoms with Crippen LogP contribution in [0.25, 0.3) is 0 Å². The Hall–Kier alpha value is -1.41. The van der Waals surface area contributed by atoms with E-state index in [-0.39, 0.29) is 11.6 Å². The molecule has 0 radical (unpaired) electrons. The van der Waals surface area contributed by atoms with E-state index in [0.29, 0.717) is 0 Å². The average Bonchev–Trinajstić information content (AvgIpc) is 2.42. The van der Waals surface area contributed by atoms with Crippen molar-refractivity contribution < 1.29 is 9.59 Å². The van der Waals surface area contributed by atoms with E-state index in [1.54, 1.807) is 6.08 Å². The van der Waals surface area contributed by atoms with Crippen LogP contribution < -0.4 is 5.73 Å². The van der Waals surface area contributed by atoms with Crippen molar-refractivity contribution in [1.29, 1.82) is 0 Å². The van der Waals surface area contributed by atoms with E-state index < -0.39 is 5.91 Å². The minimum atomic E-state index is -0.651. The molecule has 0 saturated heterocycles. The first-order chi connectivity index (χ1) is 9.65. The molecule has 0 aromatic rings. The molecule has 0 aromatic heterocycles. The first-order valence-electron chi connectivity index (χ1n) is 7.75. The Kier molecular flexibility index (Phi) is 11.7. The number of unbranched alkanes of at least 4 members (excludes halogenated alkanes) is 5. The number of aliphatic imine (C=N–C) groups is 1. The monoisotopic (exact) mass is 280 g/mol. The molecular formula is C16H28N2O2. The normalized spacial score (nSPS) is 12.8. The van der Waals surface area contributed by atoms with Gasteiger partial charge < -0.3 is 5.73 Å². The number of hydrogen-bond acceptors (Lipinski definition) is 3. The van der Waals surface area contributed by atoms with Gasteiger partial charge >= 0.3 is 0 Å². The van der Waals surface area contributed by atoms with Crippen LogP contribution in [0.1, 0.15) is 71.6 Å². The molecule has 114 valence electrons. The van der Waals surface area contributed by atoms with Crippen LogP contribution in [-0.4, -0.2) is 12.0 Å². The second-order valence-corrected chi connectivity index (χ2v) is 5.22. The second-order valence-electron chi connectivity index (χ2n) is 5.22. The van der Waals surface area contributed by atoms with Gasteiger partial charge in [-0.05, 0) is 24.8 Å². The highest BCUT2D eigenvalue weighted by atomic mass is 16.1. The number of hydrogen-bond donors (Lipinski definition) is 1. The first kappa shape index (κ1) is 18.6. The van der Waals surface area contributed by atoms with Crippen molar-refractivity contribution in [1.82, 2.24) is 0 Å². The van der Waals surface area contributed by atoms with Crippen molar-refractivity contribution in [2.24, 2.45) is 16.6 Å². The number of carbonyl (C=O) groups excluding carboxylic acids is 2. The standard InChI is InChI=1S/C16H28N2O2/c1-3-5-7-9-11-14(10-8-6-4-2)12-15(16(17)20)18-13-19/h12,14H,3-11H2,1-2H3,(H2,17,20)/t14-/m1/s1. The molecule has 0 aliphatic rings. The molecule has 0 spiro atoms. The second kappa shape index (κ2) is 12.6. The molecule has 2 N–H and O–H groups in total. The smallest absolute Gasteiger partial charge is 0.267 e. The van der Waals surface area contributed by atoms with Gasteiger partial charge in [0.25, 0.3) is 5.91 Å². The predicted molar refractivity (Wildman–Crippen MR) is 81.8 cm³/mol. The highest BCUT2D eigenvalue weighted by molar-refractivity contribution is 5.92. The Morgan fingerprint density at radius 3 is 2.15 bits per heavy atom. The first-order valence-corrected chi connectivity index (χ1v) is 7.75. The molecule has 0 bridgehead atoms. The van der Waals surface area contributed by atoms with Gasteiger partial charge in [0.2, 0.25) is 6.08 Å². The topological polar surface area (TPSA) is 72.5 Å². The molecule has 0 unspecified atom stereocenters. The van der Waals surface area contributed by atoms with Crippen molar-refractivity contribution in [2.45, 2.75) is 71.6 Å². The van der Waals surface area contributed by atoms with Gasteiger partial charge in [0.1, 0.15) is 5.70 Å². The summed E-state index contributed by atoms with van der Waals surface area (Å²) in [5.41, 5.74) is 5.28. The molecule has 20 heavy (non-hydrogen) atoms. The van der Waals surface area contributed by atoms with Gasteiger partial charge in [-0.15, -0.1) is 0 Å². The fraction of sp³-hybridized carbons (Fsp3) is 0.750. The summed E-state index contributed by atoms with van der Waals surface area (Å²) in [5.74, 6) is -0.375. The lowest BCUT2D eigenvalue weighted by Crippen LogP contribution is -2.14. The molecule has 0 aliphatic carbocycles. The Bertz CT molecular complexity index is 340. The molecule has 1 atom stereocenters. The van der Waals surface area contributed by atoms with Gasteiger partial charge in [0.15, 0.2) is 0 Å². The van der Waals surface area contributed by atoms with Crippen molar-refractivity contribution in [3.63, 3.8) is 0 Å². The lowest BCUT2D eigenvalue weighted by atomic mass is 9.93. The summed E-state index contributed by atoms with van der Waals surface area (Å²) in [6.07, 6.45) is 13.5. The zero-order valence-electron chi connectivity index (χ0n) is 12.9. The van der Waals surface area contributed by atoms with Crippen LogP contribution in [0.15, 0.2) is 16.8 Å². The predicted octanol–water partition coefficient (Wildman–Crippen LogP) is 3.86. The Morgan fingerprint density at radius 1 is 1.10 bits per heavy atom. The van der Waals surface area contributed by atoms with Crippen molar-refractivity contribution in [2.75, 3.05) is 0 Å². The fourth-order valence-corrected chi connectivity index (χ4v) is 2.25. The summed E-state index contributed by atoms with van der Waals surface area (Å²) in [7, 11) is 0. The van der Waals surface area contributed by atoms with E-state index in [0.717, 1.165) is 25.7 Å². The molecule has 0 rings (SSSR count). The number of isocyanates is 1. The molecule has 4 heteroatoms. The Labute approximate surface area is 122 Å². The number of primary amides is 1. The highest BCUT2D eigenvalue weighted by Crippen LogP contribution is 2.21. The molecule has 1 amide bonds.